The van der Waals surface area contributed by atoms with Crippen molar-refractivity contribution in [3.05, 3.63) is 11.8 Å². The van der Waals surface area contributed by atoms with Gasteiger partial charge in [-0.3, -0.25) is 0 Å². The van der Waals surface area contributed by atoms with Gasteiger partial charge in [0.1, 0.15) is 5.70 Å². The number of allylic oxidation sites excluding steroid dienone is 1. The van der Waals surface area contributed by atoms with E-state index in [2.05, 4.69) is 5.73 Å². The minimum absolute atomic E-state index is 0.208. The zero-order valence-corrected chi connectivity index (χ0v) is 4.61. The van der Waals surface area contributed by atoms with Crippen molar-refractivity contribution in [3.8, 4) is 0 Å². The summed E-state index contributed by atoms with van der Waals surface area (Å²) in [7, 11) is 0. The molecule has 10 heavy (non-hydrogen) atoms. The Kier molecular flexibility index (Phi) is 2.28. The number of aliphatic carboxylic acids is 1. The molecule has 0 bridgehead atoms. The lowest BCUT2D eigenvalue weighted by atomic mass is 10.4. The highest BCUT2D eigenvalue weighted by molar-refractivity contribution is 5.78. The first-order valence-corrected chi connectivity index (χ1v) is 2.09. The molecule has 0 aliphatic rings. The number of carbonyl (C=O) groups is 1. The Hall–Kier alpha value is -1.20. The second-order valence-electron chi connectivity index (χ2n) is 1.42. The maximum atomic E-state index is 11.3. The Balaban J connectivity index is 4.35. The summed E-state index contributed by atoms with van der Waals surface area (Å²) in [5, 5.41) is 9.49. The van der Waals surface area contributed by atoms with Crippen LogP contribution in [0, 0.1) is 0 Å². The van der Waals surface area contributed by atoms with Crippen LogP contribution in [0.15, 0.2) is 11.8 Å². The molecule has 2 N–H and O–H groups in total. The average Bonchev–Trinajstić information content (AvgIpc) is 1.60. The molecule has 0 aromatic heterocycles. The highest BCUT2D eigenvalue weighted by atomic mass is 19.4. The van der Waals surface area contributed by atoms with Crippen LogP contribution in [0.25, 0.3) is 0 Å². The van der Waals surface area contributed by atoms with E-state index in [0.717, 1.165) is 0 Å². The van der Waals surface area contributed by atoms with Gasteiger partial charge in [-0.25, -0.2) is 0 Å². The molecule has 0 radical (unpaired) electrons. The second kappa shape index (κ2) is 2.59. The first kappa shape index (κ1) is 8.80. The first-order chi connectivity index (χ1) is 4.34. The molecule has 0 aliphatic carbocycles. The fraction of sp³-hybridized carbons (Fsp3) is 0.250. The molecule has 0 aromatic rings. The van der Waals surface area contributed by atoms with Gasteiger partial charge >= 0.3 is 6.18 Å². The minimum Gasteiger partial charge on any atom is -0.545 e. The molecular formula is C4H3F3NO2-. The summed E-state index contributed by atoms with van der Waals surface area (Å²) in [4.78, 5) is 9.49. The van der Waals surface area contributed by atoms with Gasteiger partial charge in [-0.2, -0.15) is 13.2 Å². The number of carbonyl (C=O) groups excluding carboxylic acids is 1. The Morgan fingerprint density at radius 2 is 1.90 bits per heavy atom. The van der Waals surface area contributed by atoms with Gasteiger partial charge in [-0.1, -0.05) is 0 Å². The number of carboxylic acid groups (broad SMARTS) is 1. The molecule has 0 saturated carbocycles. The molecule has 0 saturated heterocycles. The highest BCUT2D eigenvalue weighted by Crippen LogP contribution is 2.20. The van der Waals surface area contributed by atoms with Crippen molar-refractivity contribution in [2.45, 2.75) is 6.18 Å². The third-order valence-corrected chi connectivity index (χ3v) is 0.601. The van der Waals surface area contributed by atoms with Crippen molar-refractivity contribution in [3.63, 3.8) is 0 Å². The number of hydrogen-bond donors (Lipinski definition) is 1. The van der Waals surface area contributed by atoms with E-state index in [4.69, 9.17) is 0 Å². The normalized spacial score (nSPS) is 13.3. The van der Waals surface area contributed by atoms with Crippen LogP contribution in [0.2, 0.25) is 0 Å². The summed E-state index contributed by atoms with van der Waals surface area (Å²) in [6, 6.07) is 0. The van der Waals surface area contributed by atoms with Gasteiger partial charge in [-0.15, -0.1) is 0 Å². The van der Waals surface area contributed by atoms with Gasteiger partial charge in [0.25, 0.3) is 0 Å². The molecule has 0 aliphatic heterocycles. The molecule has 3 nitrogen and oxygen atoms in total. The molecule has 0 unspecified atom stereocenters. The van der Waals surface area contributed by atoms with Gasteiger partial charge < -0.3 is 15.6 Å². The number of rotatable bonds is 1. The van der Waals surface area contributed by atoms with Crippen molar-refractivity contribution in [2.75, 3.05) is 0 Å². The number of alkyl halides is 3. The fourth-order valence-electron chi connectivity index (χ4n) is 0.209. The largest absolute Gasteiger partial charge is 0.545 e. The lowest BCUT2D eigenvalue weighted by Gasteiger charge is -2.05. The summed E-state index contributed by atoms with van der Waals surface area (Å²) in [5.41, 5.74) is 2.59. The monoisotopic (exact) mass is 154 g/mol. The molecule has 0 atom stereocenters. The molecule has 0 spiro atoms. The van der Waals surface area contributed by atoms with Crippen molar-refractivity contribution >= 4 is 5.97 Å². The third-order valence-electron chi connectivity index (χ3n) is 0.601. The SMILES string of the molecule is N/C(=C\C(=O)[O-])C(F)(F)F. The number of halogens is 3. The Morgan fingerprint density at radius 3 is 2.00 bits per heavy atom. The van der Waals surface area contributed by atoms with Gasteiger partial charge in [0.05, 0.1) is 5.97 Å². The van der Waals surface area contributed by atoms with E-state index in [1.165, 1.54) is 0 Å². The molecule has 6 heteroatoms. The van der Waals surface area contributed by atoms with Crippen LogP contribution in [-0.4, -0.2) is 12.1 Å². The van der Waals surface area contributed by atoms with Crippen molar-refractivity contribution in [2.24, 2.45) is 5.73 Å². The predicted octanol–water partition coefficient (Wildman–Crippen LogP) is -0.859. The van der Waals surface area contributed by atoms with Crippen LogP contribution in [0.5, 0.6) is 0 Å². The first-order valence-electron chi connectivity index (χ1n) is 2.09. The van der Waals surface area contributed by atoms with Crippen LogP contribution in [-0.2, 0) is 4.79 Å². The number of nitrogens with two attached hydrogens (primary N) is 1. The van der Waals surface area contributed by atoms with Gasteiger partial charge in [-0.05, 0) is 6.08 Å². The van der Waals surface area contributed by atoms with E-state index < -0.39 is 17.8 Å². The quantitative estimate of drug-likeness (QED) is 0.500. The molecule has 58 valence electrons. The van der Waals surface area contributed by atoms with E-state index in [0.29, 0.717) is 0 Å². The van der Waals surface area contributed by atoms with E-state index in [1.807, 2.05) is 0 Å². The second-order valence-corrected chi connectivity index (χ2v) is 1.42. The zero-order valence-electron chi connectivity index (χ0n) is 4.61. The van der Waals surface area contributed by atoms with Crippen molar-refractivity contribution < 1.29 is 23.1 Å². The molecule has 0 rings (SSSR count). The number of hydrogen-bond acceptors (Lipinski definition) is 3. The highest BCUT2D eigenvalue weighted by Gasteiger charge is 2.30. The molecule has 0 heterocycles. The van der Waals surface area contributed by atoms with Crippen LogP contribution >= 0.6 is 0 Å². The minimum atomic E-state index is -4.79. The van der Waals surface area contributed by atoms with Crippen LogP contribution < -0.4 is 10.8 Å². The lowest BCUT2D eigenvalue weighted by molar-refractivity contribution is -0.297. The zero-order chi connectivity index (χ0) is 8.36. The Labute approximate surface area is 53.9 Å². The summed E-state index contributed by atoms with van der Waals surface area (Å²) >= 11 is 0. The summed E-state index contributed by atoms with van der Waals surface area (Å²) in [5.74, 6) is -1.96. The third kappa shape index (κ3) is 2.95. The van der Waals surface area contributed by atoms with Crippen LogP contribution in [0.4, 0.5) is 13.2 Å². The molecule has 0 fully saturated rings. The standard InChI is InChI=1S/C4H4F3NO2/c5-4(6,7)2(8)1-3(9)10/h1H,8H2,(H,9,10)/p-1/b2-1-. The topological polar surface area (TPSA) is 66.2 Å². The van der Waals surface area contributed by atoms with Gasteiger partial charge in [0.2, 0.25) is 0 Å². The Bertz CT molecular complexity index is 172. The molecule has 0 amide bonds. The molecule has 0 aromatic carbocycles. The smallest absolute Gasteiger partial charge is 0.430 e. The lowest BCUT2D eigenvalue weighted by Crippen LogP contribution is -2.26. The van der Waals surface area contributed by atoms with E-state index in [-0.39, 0.29) is 6.08 Å². The maximum Gasteiger partial charge on any atom is 0.430 e. The summed E-state index contributed by atoms with van der Waals surface area (Å²) < 4.78 is 34.0. The molecular weight excluding hydrogens is 151 g/mol. The summed E-state index contributed by atoms with van der Waals surface area (Å²) in [6.07, 6.45) is -5.00. The Morgan fingerprint density at radius 1 is 1.50 bits per heavy atom. The fourth-order valence-corrected chi connectivity index (χ4v) is 0.209. The maximum absolute atomic E-state index is 11.3. The average molecular weight is 154 g/mol. The van der Waals surface area contributed by atoms with E-state index >= 15 is 0 Å². The van der Waals surface area contributed by atoms with Crippen molar-refractivity contribution in [1.82, 2.24) is 0 Å². The number of carboxylic acids is 1. The van der Waals surface area contributed by atoms with Crippen molar-refractivity contribution in [1.29, 1.82) is 0 Å². The van der Waals surface area contributed by atoms with Crippen LogP contribution in [0.3, 0.4) is 0 Å². The van der Waals surface area contributed by atoms with E-state index in [1.54, 1.807) is 0 Å². The predicted molar refractivity (Wildman–Crippen MR) is 23.3 cm³/mol. The summed E-state index contributed by atoms with van der Waals surface area (Å²) in [6.45, 7) is 0. The van der Waals surface area contributed by atoms with Crippen LogP contribution in [0.1, 0.15) is 0 Å². The van der Waals surface area contributed by atoms with E-state index in [9.17, 15) is 23.1 Å². The van der Waals surface area contributed by atoms with Gasteiger partial charge in [0, 0.05) is 0 Å². The van der Waals surface area contributed by atoms with Gasteiger partial charge in [0.15, 0.2) is 0 Å².